The van der Waals surface area contributed by atoms with Crippen molar-refractivity contribution >= 4 is 15.6 Å². The minimum Gasteiger partial charge on any atom is -0.302 e. The first kappa shape index (κ1) is 25.8. The van der Waals surface area contributed by atoms with Crippen LogP contribution in [0.1, 0.15) is 46.5 Å². The largest absolute Gasteiger partial charge is 0.481 e. The van der Waals surface area contributed by atoms with Crippen LogP contribution in [0.25, 0.3) is 10.4 Å². The third-order valence-corrected chi connectivity index (χ3v) is 5.48. The molecule has 1 atom stereocenters. The summed E-state index contributed by atoms with van der Waals surface area (Å²) in [6.07, 6.45) is 8.95. The van der Waals surface area contributed by atoms with Gasteiger partial charge in [0.15, 0.2) is 0 Å². The molecule has 154 valence electrons. The summed E-state index contributed by atoms with van der Waals surface area (Å²) in [4.78, 5) is 28.8. The smallest absolute Gasteiger partial charge is 0.302 e. The first-order chi connectivity index (χ1) is 12.4. The number of nitrogens with zero attached hydrogens (tertiary/aromatic N) is 3. The summed E-state index contributed by atoms with van der Waals surface area (Å²) in [6, 6.07) is 0. The van der Waals surface area contributed by atoms with Gasteiger partial charge in [0.25, 0.3) is 0 Å². The summed E-state index contributed by atoms with van der Waals surface area (Å²) < 4.78 is 30.0. The van der Waals surface area contributed by atoms with Gasteiger partial charge in [-0.2, -0.15) is 4.31 Å². The van der Waals surface area contributed by atoms with Crippen molar-refractivity contribution in [2.75, 3.05) is 13.2 Å². The molecule has 0 radical (unpaired) electrons. The van der Waals surface area contributed by atoms with Gasteiger partial charge in [-0.3, -0.25) is 4.52 Å². The van der Waals surface area contributed by atoms with Gasteiger partial charge in [-0.15, -0.1) is 0 Å². The second-order valence-corrected chi connectivity index (χ2v) is 8.78. The van der Waals surface area contributed by atoms with Crippen LogP contribution >= 0.6 is 15.6 Å². The van der Waals surface area contributed by atoms with Crippen molar-refractivity contribution in [3.8, 4) is 0 Å². The maximum absolute atomic E-state index is 11.3. The maximum atomic E-state index is 11.3. The van der Waals surface area contributed by atoms with Gasteiger partial charge in [0.2, 0.25) is 0 Å². The molecule has 0 fully saturated rings. The van der Waals surface area contributed by atoms with Crippen molar-refractivity contribution < 1.29 is 32.6 Å². The van der Waals surface area contributed by atoms with Gasteiger partial charge in [-0.1, -0.05) is 40.1 Å². The van der Waals surface area contributed by atoms with Gasteiger partial charge in [-0.25, -0.2) is 9.13 Å². The van der Waals surface area contributed by atoms with Gasteiger partial charge in [0.05, 0.1) is 6.61 Å². The topological polar surface area (TPSA) is 162 Å². The lowest BCUT2D eigenvalue weighted by molar-refractivity contribution is 0.191. The van der Waals surface area contributed by atoms with Crippen LogP contribution in [0.5, 0.6) is 0 Å². The first-order valence-corrected chi connectivity index (χ1v) is 11.2. The average Bonchev–Trinajstić information content (AvgIpc) is 2.50. The molecule has 12 heteroatoms. The van der Waals surface area contributed by atoms with E-state index in [-0.39, 0.29) is 6.61 Å². The lowest BCUT2D eigenvalue weighted by Crippen LogP contribution is -1.94. The van der Waals surface area contributed by atoms with E-state index >= 15 is 0 Å². The Hall–Kier alpha value is -1.21. The maximum Gasteiger partial charge on any atom is 0.481 e. The van der Waals surface area contributed by atoms with Crippen molar-refractivity contribution in [1.29, 1.82) is 0 Å². The molecule has 0 aromatic heterocycles. The van der Waals surface area contributed by atoms with Gasteiger partial charge in [0, 0.05) is 11.5 Å². The zero-order valence-corrected chi connectivity index (χ0v) is 17.5. The molecule has 27 heavy (non-hydrogen) atoms. The minimum absolute atomic E-state index is 0.294. The molecule has 0 aromatic carbocycles. The summed E-state index contributed by atoms with van der Waals surface area (Å²) in [5.41, 5.74) is 11.4. The van der Waals surface area contributed by atoms with Crippen LogP contribution in [0.15, 0.2) is 40.1 Å². The number of hydrogen-bond acceptors (Lipinski definition) is 5. The summed E-state index contributed by atoms with van der Waals surface area (Å²) in [7, 11) is -9.88. The van der Waals surface area contributed by atoms with E-state index in [2.05, 4.69) is 24.9 Å². The Morgan fingerprint density at radius 1 is 1.00 bits per heavy atom. The number of rotatable bonds is 13. The third kappa shape index (κ3) is 16.7. The Bertz CT molecular complexity index is 706. The summed E-state index contributed by atoms with van der Waals surface area (Å²) >= 11 is 0. The molecular formula is C15H27N3O7P2. The van der Waals surface area contributed by atoms with Crippen molar-refractivity contribution in [3.63, 3.8) is 0 Å². The highest BCUT2D eigenvalue weighted by atomic mass is 31.3. The standard InChI is InChI=1S/C15H27N3O7P2/c1-13(7-5-9-15(3)12-17-18-16)6-4-8-14(2)10-11-24-27(22,23)25-26(19,20)21/h6,9-10H,4-5,7-8,11-12H2,1-3H3,(H,22,23)(H2,19,20,21)/b13-6+,14-10+,15-9+. The minimum atomic E-state index is -5.09. The Kier molecular flexibility index (Phi) is 12.5. The monoisotopic (exact) mass is 423 g/mol. The van der Waals surface area contributed by atoms with Crippen LogP contribution in [0.3, 0.4) is 0 Å². The summed E-state index contributed by atoms with van der Waals surface area (Å²) in [5, 5.41) is 3.50. The Balaban J connectivity index is 4.22. The molecule has 3 N–H and O–H groups in total. The summed E-state index contributed by atoms with van der Waals surface area (Å²) in [5.74, 6) is 0. The van der Waals surface area contributed by atoms with E-state index in [0.717, 1.165) is 30.4 Å². The molecule has 0 saturated heterocycles. The molecule has 0 bridgehead atoms. The highest BCUT2D eigenvalue weighted by molar-refractivity contribution is 7.60. The molecule has 0 spiro atoms. The van der Waals surface area contributed by atoms with Crippen molar-refractivity contribution in [1.82, 2.24) is 0 Å². The zero-order valence-electron chi connectivity index (χ0n) is 15.7. The Morgan fingerprint density at radius 2 is 1.52 bits per heavy atom. The number of phosphoric acid groups is 2. The highest BCUT2D eigenvalue weighted by Gasteiger charge is 2.31. The normalized spacial score (nSPS) is 16.0. The number of allylic oxidation sites excluding steroid dienone is 4. The van der Waals surface area contributed by atoms with E-state index in [4.69, 9.17) is 20.2 Å². The fourth-order valence-electron chi connectivity index (χ4n) is 1.94. The lowest BCUT2D eigenvalue weighted by Gasteiger charge is -2.11. The molecule has 0 aromatic rings. The van der Waals surface area contributed by atoms with E-state index in [1.165, 1.54) is 5.57 Å². The van der Waals surface area contributed by atoms with Gasteiger partial charge in [0.1, 0.15) is 0 Å². The Labute approximate surface area is 159 Å². The molecule has 0 rings (SSSR count). The molecule has 0 amide bonds. The number of phosphoric ester groups is 1. The SMILES string of the molecule is C/C(=C\CC/C(C)=C/COP(=O)(O)OP(=O)(O)O)CC/C=C(\C)CN=[N+]=[N-]. The second kappa shape index (κ2) is 13.0. The zero-order chi connectivity index (χ0) is 20.9. The van der Waals surface area contributed by atoms with Gasteiger partial charge < -0.3 is 14.7 Å². The highest BCUT2D eigenvalue weighted by Crippen LogP contribution is 2.57. The first-order valence-electron chi connectivity index (χ1n) is 8.17. The number of azide groups is 1. The predicted molar refractivity (Wildman–Crippen MR) is 103 cm³/mol. The van der Waals surface area contributed by atoms with Crippen LogP contribution in [-0.4, -0.2) is 27.8 Å². The van der Waals surface area contributed by atoms with E-state index in [1.54, 1.807) is 6.08 Å². The quantitative estimate of drug-likeness (QED) is 0.124. The van der Waals surface area contributed by atoms with E-state index in [9.17, 15) is 9.13 Å². The van der Waals surface area contributed by atoms with Crippen LogP contribution in [-0.2, 0) is 18.0 Å². The van der Waals surface area contributed by atoms with Crippen LogP contribution in [0.2, 0.25) is 0 Å². The van der Waals surface area contributed by atoms with Crippen LogP contribution in [0, 0.1) is 0 Å². The van der Waals surface area contributed by atoms with E-state index < -0.39 is 15.6 Å². The molecule has 0 heterocycles. The lowest BCUT2D eigenvalue weighted by atomic mass is 10.1. The van der Waals surface area contributed by atoms with Crippen molar-refractivity contribution in [2.24, 2.45) is 5.11 Å². The average molecular weight is 423 g/mol. The molecule has 1 unspecified atom stereocenters. The van der Waals surface area contributed by atoms with Gasteiger partial charge in [-0.05, 0) is 52.0 Å². The van der Waals surface area contributed by atoms with E-state index in [0.29, 0.717) is 13.0 Å². The number of hydrogen-bond donors (Lipinski definition) is 3. The fraction of sp³-hybridized carbons (Fsp3) is 0.600. The van der Waals surface area contributed by atoms with Crippen molar-refractivity contribution in [3.05, 3.63) is 45.4 Å². The predicted octanol–water partition coefficient (Wildman–Crippen LogP) is 4.92. The van der Waals surface area contributed by atoms with Gasteiger partial charge >= 0.3 is 15.6 Å². The Morgan fingerprint density at radius 3 is 2.04 bits per heavy atom. The molecule has 0 aliphatic rings. The molecule has 0 saturated carbocycles. The summed E-state index contributed by atoms with van der Waals surface area (Å²) in [6.45, 7) is 5.85. The van der Waals surface area contributed by atoms with E-state index in [1.807, 2.05) is 26.8 Å². The molecular weight excluding hydrogens is 396 g/mol. The molecule has 10 nitrogen and oxygen atoms in total. The van der Waals surface area contributed by atoms with Crippen LogP contribution in [0.4, 0.5) is 0 Å². The fourth-order valence-corrected chi connectivity index (χ4v) is 3.46. The third-order valence-electron chi connectivity index (χ3n) is 3.33. The second-order valence-electron chi connectivity index (χ2n) is 5.95. The van der Waals surface area contributed by atoms with Crippen LogP contribution < -0.4 is 0 Å². The molecule has 0 aliphatic heterocycles. The molecule has 0 aliphatic carbocycles. The van der Waals surface area contributed by atoms with Crippen molar-refractivity contribution in [2.45, 2.75) is 46.5 Å².